The van der Waals surface area contributed by atoms with Gasteiger partial charge < -0.3 is 4.90 Å². The van der Waals surface area contributed by atoms with Gasteiger partial charge in [0, 0.05) is 43.8 Å². The van der Waals surface area contributed by atoms with Crippen LogP contribution in [0.5, 0.6) is 0 Å². The largest absolute Gasteiger partial charge is 0.339 e. The highest BCUT2D eigenvalue weighted by Crippen LogP contribution is 2.20. The SMILES string of the molecule is CN(CC(=O)N1CCN(C2CCS(=O)(=O)C2)CC1)Cc1ccccc1Cl. The molecule has 2 aliphatic rings. The molecule has 0 saturated carbocycles. The van der Waals surface area contributed by atoms with Gasteiger partial charge in [-0.1, -0.05) is 29.8 Å². The van der Waals surface area contributed by atoms with Crippen molar-refractivity contribution in [2.24, 2.45) is 0 Å². The molecule has 0 aromatic heterocycles. The van der Waals surface area contributed by atoms with E-state index in [1.165, 1.54) is 0 Å². The molecule has 144 valence electrons. The number of nitrogens with zero attached hydrogens (tertiary/aromatic N) is 3. The molecule has 2 fully saturated rings. The van der Waals surface area contributed by atoms with Crippen molar-refractivity contribution in [3.63, 3.8) is 0 Å². The minimum Gasteiger partial charge on any atom is -0.339 e. The Balaban J connectivity index is 1.45. The molecule has 6 nitrogen and oxygen atoms in total. The molecule has 26 heavy (non-hydrogen) atoms. The minimum absolute atomic E-state index is 0.109. The van der Waals surface area contributed by atoms with Crippen LogP contribution in [0, 0.1) is 0 Å². The highest BCUT2D eigenvalue weighted by molar-refractivity contribution is 7.91. The Labute approximate surface area is 160 Å². The molecule has 8 heteroatoms. The second-order valence-electron chi connectivity index (χ2n) is 7.24. The fourth-order valence-corrected chi connectivity index (χ4v) is 5.66. The zero-order valence-electron chi connectivity index (χ0n) is 15.1. The molecule has 1 aromatic rings. The Morgan fingerprint density at radius 2 is 1.92 bits per heavy atom. The number of hydrogen-bond acceptors (Lipinski definition) is 5. The van der Waals surface area contributed by atoms with Crippen molar-refractivity contribution in [1.29, 1.82) is 0 Å². The van der Waals surface area contributed by atoms with Crippen LogP contribution in [0.15, 0.2) is 24.3 Å². The average molecular weight is 400 g/mol. The van der Waals surface area contributed by atoms with Crippen LogP contribution in [0.3, 0.4) is 0 Å². The summed E-state index contributed by atoms with van der Waals surface area (Å²) >= 11 is 6.18. The minimum atomic E-state index is -2.86. The third kappa shape index (κ3) is 4.97. The van der Waals surface area contributed by atoms with Crippen molar-refractivity contribution in [2.45, 2.75) is 19.0 Å². The van der Waals surface area contributed by atoms with Crippen LogP contribution in [0.25, 0.3) is 0 Å². The van der Waals surface area contributed by atoms with Gasteiger partial charge in [-0.2, -0.15) is 0 Å². The number of likely N-dealkylation sites (N-methyl/N-ethyl adjacent to an activating group) is 1. The zero-order valence-corrected chi connectivity index (χ0v) is 16.7. The van der Waals surface area contributed by atoms with Gasteiger partial charge in [0.1, 0.15) is 0 Å². The van der Waals surface area contributed by atoms with E-state index in [-0.39, 0.29) is 17.7 Å². The molecule has 2 saturated heterocycles. The van der Waals surface area contributed by atoms with Crippen molar-refractivity contribution < 1.29 is 13.2 Å². The molecule has 1 amide bonds. The van der Waals surface area contributed by atoms with Crippen LogP contribution in [0.2, 0.25) is 5.02 Å². The van der Waals surface area contributed by atoms with Gasteiger partial charge in [-0.25, -0.2) is 8.42 Å². The predicted octanol–water partition coefficient (Wildman–Crippen LogP) is 1.10. The van der Waals surface area contributed by atoms with Crippen LogP contribution in [0.1, 0.15) is 12.0 Å². The van der Waals surface area contributed by atoms with E-state index >= 15 is 0 Å². The lowest BCUT2D eigenvalue weighted by atomic mass is 10.2. The first-order valence-corrected chi connectivity index (χ1v) is 11.2. The van der Waals surface area contributed by atoms with Crippen LogP contribution in [0.4, 0.5) is 0 Å². The number of carbonyl (C=O) groups is 1. The Hall–Kier alpha value is -1.15. The van der Waals surface area contributed by atoms with Gasteiger partial charge in [-0.3, -0.25) is 14.6 Å². The molecule has 3 rings (SSSR count). The summed E-state index contributed by atoms with van der Waals surface area (Å²) in [6.07, 6.45) is 0.719. The molecule has 1 unspecified atom stereocenters. The molecule has 1 aromatic carbocycles. The van der Waals surface area contributed by atoms with Crippen molar-refractivity contribution in [3.8, 4) is 0 Å². The number of sulfone groups is 1. The van der Waals surface area contributed by atoms with E-state index in [1.807, 2.05) is 41.1 Å². The summed E-state index contributed by atoms with van der Waals surface area (Å²) in [6, 6.07) is 7.79. The second-order valence-corrected chi connectivity index (χ2v) is 9.87. The first-order chi connectivity index (χ1) is 12.3. The number of carbonyl (C=O) groups excluding carboxylic acids is 1. The number of amides is 1. The van der Waals surface area contributed by atoms with Gasteiger partial charge in [0.2, 0.25) is 5.91 Å². The van der Waals surface area contributed by atoms with Gasteiger partial charge in [0.25, 0.3) is 0 Å². The predicted molar refractivity (Wildman–Crippen MR) is 103 cm³/mol. The number of hydrogen-bond donors (Lipinski definition) is 0. The van der Waals surface area contributed by atoms with E-state index < -0.39 is 9.84 Å². The maximum Gasteiger partial charge on any atom is 0.236 e. The topological polar surface area (TPSA) is 60.9 Å². The fourth-order valence-electron chi connectivity index (χ4n) is 3.70. The molecular weight excluding hydrogens is 374 g/mol. The smallest absolute Gasteiger partial charge is 0.236 e. The van der Waals surface area contributed by atoms with Crippen molar-refractivity contribution in [2.75, 3.05) is 51.3 Å². The summed E-state index contributed by atoms with van der Waals surface area (Å²) in [6.45, 7) is 3.80. The lowest BCUT2D eigenvalue weighted by Gasteiger charge is -2.38. The van der Waals surface area contributed by atoms with Gasteiger partial charge in [0.15, 0.2) is 9.84 Å². The quantitative estimate of drug-likeness (QED) is 0.742. The third-order valence-corrected chi connectivity index (χ3v) is 7.31. The molecule has 2 aliphatic heterocycles. The first-order valence-electron chi connectivity index (χ1n) is 8.98. The first kappa shape index (κ1) is 19.6. The molecule has 1 atom stereocenters. The van der Waals surface area contributed by atoms with Crippen LogP contribution in [-0.2, 0) is 21.2 Å². The number of piperazine rings is 1. The summed E-state index contributed by atoms with van der Waals surface area (Å²) in [5.41, 5.74) is 1.01. The summed E-state index contributed by atoms with van der Waals surface area (Å²) < 4.78 is 23.3. The summed E-state index contributed by atoms with van der Waals surface area (Å²) in [4.78, 5) is 18.6. The standard InChI is InChI=1S/C18H26ClN3O3S/c1-20(12-15-4-2-3-5-17(15)19)13-18(23)22-9-7-21(8-10-22)16-6-11-26(24,25)14-16/h2-5,16H,6-14H2,1H3. The molecule has 0 N–H and O–H groups in total. The maximum atomic E-state index is 12.6. The molecular formula is C18H26ClN3O3S. The maximum absolute atomic E-state index is 12.6. The Morgan fingerprint density at radius 3 is 2.54 bits per heavy atom. The number of rotatable bonds is 5. The van der Waals surface area contributed by atoms with E-state index in [0.29, 0.717) is 37.0 Å². The molecule has 0 radical (unpaired) electrons. The lowest BCUT2D eigenvalue weighted by Crippen LogP contribution is -2.53. The summed E-state index contributed by atoms with van der Waals surface area (Å²) in [5, 5.41) is 0.715. The van der Waals surface area contributed by atoms with Gasteiger partial charge in [-0.05, 0) is 25.1 Å². The van der Waals surface area contributed by atoms with Gasteiger partial charge >= 0.3 is 0 Å². The Bertz CT molecular complexity index is 748. The molecule has 2 heterocycles. The van der Waals surface area contributed by atoms with Crippen molar-refractivity contribution >= 4 is 27.3 Å². The number of benzene rings is 1. The van der Waals surface area contributed by atoms with E-state index in [2.05, 4.69) is 4.90 Å². The Morgan fingerprint density at radius 1 is 1.23 bits per heavy atom. The molecule has 0 bridgehead atoms. The third-order valence-electron chi connectivity index (χ3n) is 5.20. The van der Waals surface area contributed by atoms with Crippen molar-refractivity contribution in [1.82, 2.24) is 14.7 Å². The van der Waals surface area contributed by atoms with E-state index in [1.54, 1.807) is 0 Å². The second kappa shape index (κ2) is 8.25. The van der Waals surface area contributed by atoms with Crippen LogP contribution in [-0.4, -0.2) is 86.3 Å². The van der Waals surface area contributed by atoms with Crippen LogP contribution < -0.4 is 0 Å². The van der Waals surface area contributed by atoms with E-state index in [0.717, 1.165) is 25.1 Å². The van der Waals surface area contributed by atoms with Gasteiger partial charge in [-0.15, -0.1) is 0 Å². The normalized spacial score (nSPS) is 23.5. The lowest BCUT2D eigenvalue weighted by molar-refractivity contribution is -0.134. The zero-order chi connectivity index (χ0) is 18.7. The highest BCUT2D eigenvalue weighted by atomic mass is 35.5. The monoisotopic (exact) mass is 399 g/mol. The van der Waals surface area contributed by atoms with Gasteiger partial charge in [0.05, 0.1) is 18.1 Å². The van der Waals surface area contributed by atoms with E-state index in [9.17, 15) is 13.2 Å². The highest BCUT2D eigenvalue weighted by Gasteiger charge is 2.34. The average Bonchev–Trinajstić information content (AvgIpc) is 2.97. The summed E-state index contributed by atoms with van der Waals surface area (Å²) in [7, 11) is -0.946. The molecule has 0 spiro atoms. The number of halogens is 1. The van der Waals surface area contributed by atoms with E-state index in [4.69, 9.17) is 11.6 Å². The van der Waals surface area contributed by atoms with Crippen LogP contribution >= 0.6 is 11.6 Å². The molecule has 0 aliphatic carbocycles. The fraction of sp³-hybridized carbons (Fsp3) is 0.611. The Kier molecular flexibility index (Phi) is 6.22. The van der Waals surface area contributed by atoms with Crippen molar-refractivity contribution in [3.05, 3.63) is 34.9 Å². The summed E-state index contributed by atoms with van der Waals surface area (Å²) in [5.74, 6) is 0.670.